The standard InChI is InChI=1S/C12H20N2S/c1-3-12(2,13)10-8-15-11(14-10)9-6-4-5-7-9/h8-9H,3-7,13H2,1-2H3. The minimum absolute atomic E-state index is 0.243. The van der Waals surface area contributed by atoms with Gasteiger partial charge in [0.15, 0.2) is 0 Å². The van der Waals surface area contributed by atoms with Gasteiger partial charge in [0.1, 0.15) is 0 Å². The van der Waals surface area contributed by atoms with Crippen LogP contribution in [0.25, 0.3) is 0 Å². The fourth-order valence-corrected chi connectivity index (χ4v) is 3.22. The summed E-state index contributed by atoms with van der Waals surface area (Å²) in [6, 6.07) is 0. The molecule has 0 spiro atoms. The van der Waals surface area contributed by atoms with Crippen molar-refractivity contribution in [3.8, 4) is 0 Å². The summed E-state index contributed by atoms with van der Waals surface area (Å²) in [6.07, 6.45) is 6.32. The molecule has 1 atom stereocenters. The summed E-state index contributed by atoms with van der Waals surface area (Å²) < 4.78 is 0. The van der Waals surface area contributed by atoms with Crippen molar-refractivity contribution in [1.29, 1.82) is 0 Å². The maximum Gasteiger partial charge on any atom is 0.0960 e. The van der Waals surface area contributed by atoms with Crippen molar-refractivity contribution in [1.82, 2.24) is 4.98 Å². The topological polar surface area (TPSA) is 38.9 Å². The number of aromatic nitrogens is 1. The average molecular weight is 224 g/mol. The zero-order chi connectivity index (χ0) is 10.9. The van der Waals surface area contributed by atoms with Crippen molar-refractivity contribution in [2.75, 3.05) is 0 Å². The Balaban J connectivity index is 2.16. The Morgan fingerprint density at radius 3 is 2.80 bits per heavy atom. The molecule has 2 N–H and O–H groups in total. The molecule has 15 heavy (non-hydrogen) atoms. The van der Waals surface area contributed by atoms with Crippen LogP contribution in [0.15, 0.2) is 5.38 Å². The molecule has 0 saturated heterocycles. The minimum Gasteiger partial charge on any atom is -0.320 e. The lowest BCUT2D eigenvalue weighted by Gasteiger charge is -2.19. The summed E-state index contributed by atoms with van der Waals surface area (Å²) in [5, 5.41) is 3.46. The van der Waals surface area contributed by atoms with Crippen LogP contribution in [0.4, 0.5) is 0 Å². The van der Waals surface area contributed by atoms with E-state index in [1.165, 1.54) is 30.7 Å². The van der Waals surface area contributed by atoms with Crippen LogP contribution in [0.3, 0.4) is 0 Å². The largest absolute Gasteiger partial charge is 0.320 e. The Bertz CT molecular complexity index is 324. The van der Waals surface area contributed by atoms with Crippen LogP contribution >= 0.6 is 11.3 Å². The van der Waals surface area contributed by atoms with E-state index in [2.05, 4.69) is 19.2 Å². The lowest BCUT2D eigenvalue weighted by atomic mass is 9.97. The van der Waals surface area contributed by atoms with Gasteiger partial charge in [-0.25, -0.2) is 4.98 Å². The van der Waals surface area contributed by atoms with E-state index in [1.54, 1.807) is 11.3 Å². The van der Waals surface area contributed by atoms with Gasteiger partial charge >= 0.3 is 0 Å². The molecule has 0 radical (unpaired) electrons. The molecule has 1 fully saturated rings. The molecule has 84 valence electrons. The molecule has 1 aliphatic carbocycles. The summed E-state index contributed by atoms with van der Waals surface area (Å²) in [5.74, 6) is 0.719. The summed E-state index contributed by atoms with van der Waals surface area (Å²) >= 11 is 1.80. The molecule has 2 rings (SSSR count). The third-order valence-electron chi connectivity index (χ3n) is 3.55. The SMILES string of the molecule is CCC(C)(N)c1csc(C2CCCC2)n1. The monoisotopic (exact) mass is 224 g/mol. The van der Waals surface area contributed by atoms with E-state index in [1.807, 2.05) is 0 Å². The quantitative estimate of drug-likeness (QED) is 0.854. The zero-order valence-electron chi connectivity index (χ0n) is 9.62. The van der Waals surface area contributed by atoms with E-state index in [0.717, 1.165) is 18.0 Å². The normalized spacial score (nSPS) is 21.8. The molecule has 1 aromatic rings. The van der Waals surface area contributed by atoms with E-state index in [0.29, 0.717) is 0 Å². The van der Waals surface area contributed by atoms with Crippen LogP contribution in [-0.2, 0) is 5.54 Å². The average Bonchev–Trinajstić information content (AvgIpc) is 2.88. The summed E-state index contributed by atoms with van der Waals surface area (Å²) in [6.45, 7) is 4.19. The van der Waals surface area contributed by atoms with Gasteiger partial charge in [0.25, 0.3) is 0 Å². The first-order chi connectivity index (χ1) is 7.13. The van der Waals surface area contributed by atoms with Gasteiger partial charge in [-0.15, -0.1) is 11.3 Å². The van der Waals surface area contributed by atoms with Gasteiger partial charge in [0.05, 0.1) is 16.2 Å². The fraction of sp³-hybridized carbons (Fsp3) is 0.750. The van der Waals surface area contributed by atoms with Crippen molar-refractivity contribution < 1.29 is 0 Å². The second kappa shape index (κ2) is 4.22. The number of nitrogens with zero attached hydrogens (tertiary/aromatic N) is 1. The molecule has 1 aromatic heterocycles. The fourth-order valence-electron chi connectivity index (χ4n) is 2.09. The first-order valence-corrected chi connectivity index (χ1v) is 6.76. The van der Waals surface area contributed by atoms with Gasteiger partial charge < -0.3 is 5.73 Å². The summed E-state index contributed by atoms with van der Waals surface area (Å²) in [4.78, 5) is 4.73. The molecule has 2 nitrogen and oxygen atoms in total. The number of hydrogen-bond donors (Lipinski definition) is 1. The van der Waals surface area contributed by atoms with Crippen LogP contribution in [0.1, 0.15) is 62.6 Å². The summed E-state index contributed by atoms with van der Waals surface area (Å²) in [5.41, 5.74) is 7.03. The van der Waals surface area contributed by atoms with Crippen LogP contribution in [0.5, 0.6) is 0 Å². The number of thiazole rings is 1. The molecule has 3 heteroatoms. The Morgan fingerprint density at radius 2 is 2.20 bits per heavy atom. The highest BCUT2D eigenvalue weighted by Gasteiger charge is 2.25. The van der Waals surface area contributed by atoms with Gasteiger partial charge in [-0.2, -0.15) is 0 Å². The zero-order valence-corrected chi connectivity index (χ0v) is 10.4. The van der Waals surface area contributed by atoms with Gasteiger partial charge in [-0.3, -0.25) is 0 Å². The van der Waals surface area contributed by atoms with Gasteiger partial charge in [0.2, 0.25) is 0 Å². The molecule has 0 amide bonds. The Hall–Kier alpha value is -0.410. The van der Waals surface area contributed by atoms with Crippen molar-refractivity contribution in [2.45, 2.75) is 57.4 Å². The third kappa shape index (κ3) is 2.23. The maximum absolute atomic E-state index is 6.19. The van der Waals surface area contributed by atoms with Crippen LogP contribution in [0, 0.1) is 0 Å². The molecule has 1 saturated carbocycles. The van der Waals surface area contributed by atoms with E-state index < -0.39 is 0 Å². The minimum atomic E-state index is -0.243. The highest BCUT2D eigenvalue weighted by Crippen LogP contribution is 2.36. The van der Waals surface area contributed by atoms with Crippen LogP contribution < -0.4 is 5.73 Å². The van der Waals surface area contributed by atoms with Crippen LogP contribution in [-0.4, -0.2) is 4.98 Å². The molecular formula is C12H20N2S. The highest BCUT2D eigenvalue weighted by atomic mass is 32.1. The van der Waals surface area contributed by atoms with Crippen molar-refractivity contribution >= 4 is 11.3 Å². The smallest absolute Gasteiger partial charge is 0.0960 e. The summed E-state index contributed by atoms with van der Waals surface area (Å²) in [7, 11) is 0. The van der Waals surface area contributed by atoms with Crippen molar-refractivity contribution in [3.05, 3.63) is 16.1 Å². The van der Waals surface area contributed by atoms with Gasteiger partial charge in [0, 0.05) is 11.3 Å². The lowest BCUT2D eigenvalue weighted by molar-refractivity contribution is 0.462. The molecule has 1 aliphatic rings. The van der Waals surface area contributed by atoms with Crippen molar-refractivity contribution in [2.24, 2.45) is 5.73 Å². The molecule has 0 bridgehead atoms. The molecule has 0 aliphatic heterocycles. The van der Waals surface area contributed by atoms with Crippen molar-refractivity contribution in [3.63, 3.8) is 0 Å². The number of nitrogens with two attached hydrogens (primary N) is 1. The molecule has 0 aromatic carbocycles. The lowest BCUT2D eigenvalue weighted by Crippen LogP contribution is -2.32. The maximum atomic E-state index is 6.19. The van der Waals surface area contributed by atoms with Crippen LogP contribution in [0.2, 0.25) is 0 Å². The predicted octanol–water partition coefficient (Wildman–Crippen LogP) is 3.38. The first-order valence-electron chi connectivity index (χ1n) is 5.88. The number of rotatable bonds is 3. The van der Waals surface area contributed by atoms with E-state index in [-0.39, 0.29) is 5.54 Å². The molecule has 1 heterocycles. The first kappa shape index (κ1) is 11.1. The Morgan fingerprint density at radius 1 is 1.53 bits per heavy atom. The highest BCUT2D eigenvalue weighted by molar-refractivity contribution is 7.09. The number of hydrogen-bond acceptors (Lipinski definition) is 3. The predicted molar refractivity (Wildman–Crippen MR) is 65.2 cm³/mol. The molecular weight excluding hydrogens is 204 g/mol. The van der Waals surface area contributed by atoms with Gasteiger partial charge in [-0.1, -0.05) is 19.8 Å². The molecule has 1 unspecified atom stereocenters. The van der Waals surface area contributed by atoms with E-state index in [4.69, 9.17) is 10.7 Å². The van der Waals surface area contributed by atoms with E-state index >= 15 is 0 Å². The van der Waals surface area contributed by atoms with Gasteiger partial charge in [-0.05, 0) is 26.2 Å². The third-order valence-corrected chi connectivity index (χ3v) is 4.55. The second-order valence-corrected chi connectivity index (χ2v) is 5.71. The second-order valence-electron chi connectivity index (χ2n) is 4.82. The van der Waals surface area contributed by atoms with E-state index in [9.17, 15) is 0 Å². The Labute approximate surface area is 95.9 Å². The Kier molecular flexibility index (Phi) is 3.12.